The smallest absolute Gasteiger partial charge is 0.135 e. The van der Waals surface area contributed by atoms with Crippen molar-refractivity contribution in [1.29, 1.82) is 0 Å². The predicted octanol–water partition coefficient (Wildman–Crippen LogP) is 1.95. The predicted molar refractivity (Wildman–Crippen MR) is 66.7 cm³/mol. The van der Waals surface area contributed by atoms with Crippen LogP contribution in [-0.4, -0.2) is 21.8 Å². The van der Waals surface area contributed by atoms with Crippen LogP contribution in [0.15, 0.2) is 18.2 Å². The summed E-state index contributed by atoms with van der Waals surface area (Å²) in [5.41, 5.74) is 1.80. The van der Waals surface area contributed by atoms with Gasteiger partial charge in [0, 0.05) is 19.7 Å². The molecule has 0 saturated heterocycles. The Balaban J connectivity index is 2.69. The molecule has 1 N–H and O–H groups in total. The quantitative estimate of drug-likeness (QED) is 0.883. The summed E-state index contributed by atoms with van der Waals surface area (Å²) in [5.74, 6) is 0.860. The Kier molecular flexibility index (Phi) is 2.93. The molecule has 17 heavy (non-hydrogen) atoms. The normalized spacial score (nSPS) is 12.3. The number of hydrogen-bond donors (Lipinski definition) is 1. The van der Waals surface area contributed by atoms with Crippen molar-refractivity contribution in [2.75, 3.05) is 7.11 Å². The van der Waals surface area contributed by atoms with Crippen molar-refractivity contribution in [3.63, 3.8) is 0 Å². The second-order valence-electron chi connectivity index (χ2n) is 4.75. The van der Waals surface area contributed by atoms with Gasteiger partial charge in [-0.05, 0) is 19.9 Å². The summed E-state index contributed by atoms with van der Waals surface area (Å²) in [6.45, 7) is 4.01. The van der Waals surface area contributed by atoms with Crippen molar-refractivity contribution < 1.29 is 9.84 Å². The van der Waals surface area contributed by atoms with Crippen molar-refractivity contribution in [2.24, 2.45) is 7.05 Å². The number of benzene rings is 1. The molecule has 1 aromatic heterocycles. The van der Waals surface area contributed by atoms with Gasteiger partial charge in [-0.2, -0.15) is 0 Å². The van der Waals surface area contributed by atoms with Crippen LogP contribution in [0.1, 0.15) is 25.2 Å². The number of imidazole rings is 1. The molecule has 2 rings (SSSR count). The van der Waals surface area contributed by atoms with Crippen LogP contribution in [0.25, 0.3) is 11.0 Å². The highest BCUT2D eigenvalue weighted by atomic mass is 16.5. The van der Waals surface area contributed by atoms with Crippen LogP contribution in [-0.2, 0) is 24.0 Å². The Bertz CT molecular complexity index is 538. The number of aliphatic hydroxyl groups is 1. The van der Waals surface area contributed by atoms with Gasteiger partial charge in [-0.15, -0.1) is 0 Å². The maximum absolute atomic E-state index is 10.1. The average molecular weight is 234 g/mol. The first kappa shape index (κ1) is 12.1. The van der Waals surface area contributed by atoms with E-state index in [1.54, 1.807) is 21.0 Å². The highest BCUT2D eigenvalue weighted by molar-refractivity contribution is 5.80. The number of hydrogen-bond acceptors (Lipinski definition) is 3. The van der Waals surface area contributed by atoms with E-state index < -0.39 is 5.60 Å². The second-order valence-corrected chi connectivity index (χ2v) is 4.75. The minimum atomic E-state index is -0.891. The van der Waals surface area contributed by atoms with Gasteiger partial charge in [0.2, 0.25) is 0 Å². The third kappa shape index (κ3) is 2.06. The Morgan fingerprint density at radius 1 is 1.41 bits per heavy atom. The van der Waals surface area contributed by atoms with E-state index in [9.17, 15) is 5.11 Å². The van der Waals surface area contributed by atoms with Gasteiger partial charge in [0.1, 0.15) is 12.4 Å². The van der Waals surface area contributed by atoms with Crippen LogP contribution in [0.2, 0.25) is 0 Å². The summed E-state index contributed by atoms with van der Waals surface area (Å²) in [6.07, 6.45) is 0. The lowest BCUT2D eigenvalue weighted by atomic mass is 9.97. The fourth-order valence-electron chi connectivity index (χ4n) is 2.01. The molecular formula is C13H18N2O2. The first-order chi connectivity index (χ1) is 7.95. The van der Waals surface area contributed by atoms with E-state index in [4.69, 9.17) is 4.74 Å². The zero-order chi connectivity index (χ0) is 12.6. The standard InChI is InChI=1S/C13H18N2O2/c1-13(2,16)9-6-5-7-10-12(9)14-11(8-17-4)15(10)3/h5-7,16H,8H2,1-4H3. The molecule has 4 nitrogen and oxygen atoms in total. The molecule has 0 unspecified atom stereocenters. The molecule has 0 radical (unpaired) electrons. The van der Waals surface area contributed by atoms with E-state index in [0.29, 0.717) is 6.61 Å². The molecule has 4 heteroatoms. The zero-order valence-electron chi connectivity index (χ0n) is 10.7. The van der Waals surface area contributed by atoms with E-state index in [2.05, 4.69) is 4.98 Å². The van der Waals surface area contributed by atoms with E-state index in [-0.39, 0.29) is 0 Å². The summed E-state index contributed by atoms with van der Waals surface area (Å²) < 4.78 is 7.11. The molecule has 0 atom stereocenters. The number of aromatic nitrogens is 2. The molecule has 0 aliphatic carbocycles. The number of aryl methyl sites for hydroxylation is 1. The molecule has 0 saturated carbocycles. The van der Waals surface area contributed by atoms with Crippen LogP contribution in [0.3, 0.4) is 0 Å². The third-order valence-electron chi connectivity index (χ3n) is 2.94. The molecule has 0 aliphatic heterocycles. The Labute approximate surface area is 101 Å². The second kappa shape index (κ2) is 4.13. The van der Waals surface area contributed by atoms with Gasteiger partial charge < -0.3 is 14.4 Å². The Morgan fingerprint density at radius 2 is 2.12 bits per heavy atom. The summed E-state index contributed by atoms with van der Waals surface area (Å²) in [6, 6.07) is 5.84. The number of methoxy groups -OCH3 is 1. The van der Waals surface area contributed by atoms with E-state index in [1.165, 1.54) is 0 Å². The summed E-state index contributed by atoms with van der Waals surface area (Å²) in [5, 5.41) is 10.1. The highest BCUT2D eigenvalue weighted by Gasteiger charge is 2.21. The molecular weight excluding hydrogens is 216 g/mol. The van der Waals surface area contributed by atoms with E-state index in [1.807, 2.05) is 29.8 Å². The summed E-state index contributed by atoms with van der Waals surface area (Å²) in [7, 11) is 3.61. The minimum Gasteiger partial charge on any atom is -0.386 e. The molecule has 1 aromatic carbocycles. The molecule has 0 amide bonds. The van der Waals surface area contributed by atoms with Crippen LogP contribution < -0.4 is 0 Å². The topological polar surface area (TPSA) is 47.3 Å². The van der Waals surface area contributed by atoms with Gasteiger partial charge >= 0.3 is 0 Å². The van der Waals surface area contributed by atoms with Crippen LogP contribution >= 0.6 is 0 Å². The molecule has 0 spiro atoms. The maximum Gasteiger partial charge on any atom is 0.135 e. The lowest BCUT2D eigenvalue weighted by molar-refractivity contribution is 0.0800. The highest BCUT2D eigenvalue weighted by Crippen LogP contribution is 2.28. The molecule has 0 bridgehead atoms. The SMILES string of the molecule is COCc1nc2c(C(C)(C)O)cccc2n1C. The van der Waals surface area contributed by atoms with Gasteiger partial charge in [-0.1, -0.05) is 12.1 Å². The fraction of sp³-hybridized carbons (Fsp3) is 0.462. The van der Waals surface area contributed by atoms with Crippen molar-refractivity contribution in [3.8, 4) is 0 Å². The van der Waals surface area contributed by atoms with Gasteiger partial charge in [-0.3, -0.25) is 0 Å². The van der Waals surface area contributed by atoms with Gasteiger partial charge in [0.15, 0.2) is 0 Å². The van der Waals surface area contributed by atoms with E-state index >= 15 is 0 Å². The third-order valence-corrected chi connectivity index (χ3v) is 2.94. The van der Waals surface area contributed by atoms with Crippen molar-refractivity contribution in [1.82, 2.24) is 9.55 Å². The zero-order valence-corrected chi connectivity index (χ0v) is 10.7. The van der Waals surface area contributed by atoms with Crippen molar-refractivity contribution >= 4 is 11.0 Å². The Hall–Kier alpha value is -1.39. The van der Waals surface area contributed by atoms with Crippen molar-refractivity contribution in [3.05, 3.63) is 29.6 Å². The van der Waals surface area contributed by atoms with Crippen LogP contribution in [0.4, 0.5) is 0 Å². The number of rotatable bonds is 3. The fourth-order valence-corrected chi connectivity index (χ4v) is 2.01. The first-order valence-corrected chi connectivity index (χ1v) is 5.61. The molecule has 0 aliphatic rings. The van der Waals surface area contributed by atoms with Gasteiger partial charge in [0.25, 0.3) is 0 Å². The first-order valence-electron chi connectivity index (χ1n) is 5.61. The number of ether oxygens (including phenoxy) is 1. The molecule has 0 fully saturated rings. The molecule has 92 valence electrons. The number of para-hydroxylation sites is 1. The minimum absolute atomic E-state index is 0.469. The van der Waals surface area contributed by atoms with Crippen LogP contribution in [0, 0.1) is 0 Å². The van der Waals surface area contributed by atoms with Gasteiger partial charge in [-0.25, -0.2) is 4.98 Å². The largest absolute Gasteiger partial charge is 0.386 e. The van der Waals surface area contributed by atoms with E-state index in [0.717, 1.165) is 22.4 Å². The number of nitrogens with zero attached hydrogens (tertiary/aromatic N) is 2. The number of fused-ring (bicyclic) bond motifs is 1. The van der Waals surface area contributed by atoms with Gasteiger partial charge in [0.05, 0.1) is 16.6 Å². The summed E-state index contributed by atoms with van der Waals surface area (Å²) in [4.78, 5) is 4.55. The van der Waals surface area contributed by atoms with Crippen LogP contribution in [0.5, 0.6) is 0 Å². The lowest BCUT2D eigenvalue weighted by Gasteiger charge is -2.17. The Morgan fingerprint density at radius 3 is 2.71 bits per heavy atom. The average Bonchev–Trinajstić information content (AvgIpc) is 2.55. The summed E-state index contributed by atoms with van der Waals surface area (Å²) >= 11 is 0. The molecule has 1 heterocycles. The maximum atomic E-state index is 10.1. The molecule has 2 aromatic rings. The monoisotopic (exact) mass is 234 g/mol. The lowest BCUT2D eigenvalue weighted by Crippen LogP contribution is -2.15. The van der Waals surface area contributed by atoms with Crippen molar-refractivity contribution in [2.45, 2.75) is 26.1 Å².